The highest BCUT2D eigenvalue weighted by atomic mass is 19.4. The van der Waals surface area contributed by atoms with Crippen LogP contribution in [0, 0.1) is 5.82 Å². The monoisotopic (exact) mass is 326 g/mol. The molecule has 23 heavy (non-hydrogen) atoms. The number of pyridine rings is 1. The van der Waals surface area contributed by atoms with Crippen LogP contribution in [0.4, 0.5) is 23.2 Å². The van der Waals surface area contributed by atoms with Crippen LogP contribution in [0.2, 0.25) is 0 Å². The summed E-state index contributed by atoms with van der Waals surface area (Å²) in [4.78, 5) is 17.6. The van der Waals surface area contributed by atoms with E-state index in [1.165, 1.54) is 18.5 Å². The zero-order valence-electron chi connectivity index (χ0n) is 11.6. The molecule has 3 rings (SSSR count). The first-order chi connectivity index (χ1) is 10.9. The van der Waals surface area contributed by atoms with Crippen molar-refractivity contribution in [2.45, 2.75) is 6.18 Å². The van der Waals surface area contributed by atoms with Crippen LogP contribution in [0.25, 0.3) is 0 Å². The highest BCUT2D eigenvalue weighted by Gasteiger charge is 2.37. The number of anilines is 1. The Bertz CT molecular complexity index is 761. The number of hydrogen-bond acceptors (Lipinski definition) is 3. The van der Waals surface area contributed by atoms with Gasteiger partial charge in [-0.15, -0.1) is 0 Å². The molecule has 2 heterocycles. The highest BCUT2D eigenvalue weighted by molar-refractivity contribution is 6.08. The third-order valence-electron chi connectivity index (χ3n) is 3.39. The number of amides is 1. The average Bonchev–Trinajstić information content (AvgIpc) is 2.53. The summed E-state index contributed by atoms with van der Waals surface area (Å²) < 4.78 is 57.7. The quantitative estimate of drug-likeness (QED) is 0.755. The summed E-state index contributed by atoms with van der Waals surface area (Å²) in [6.07, 6.45) is -2.05. The van der Waals surface area contributed by atoms with Crippen LogP contribution in [0.15, 0.2) is 36.7 Å². The molecule has 120 valence electrons. The molecule has 8 heteroatoms. The van der Waals surface area contributed by atoms with E-state index in [1.807, 2.05) is 0 Å². The molecule has 0 bridgehead atoms. The van der Waals surface area contributed by atoms with E-state index >= 15 is 0 Å². The Labute approximate surface area is 128 Å². The van der Waals surface area contributed by atoms with E-state index in [4.69, 9.17) is 4.74 Å². The molecule has 1 aliphatic rings. The summed E-state index contributed by atoms with van der Waals surface area (Å²) in [6.45, 7) is 0.220. The molecule has 0 N–H and O–H groups in total. The standard InChI is InChI=1S/C15H10F4N2O2/c16-9-1-2-10(11(7-9)15(17,18)19)14(22)21-5-6-23-13-3-4-20-8-12(13)21/h1-4,7-8H,5-6H2. The SMILES string of the molecule is O=C(c1ccc(F)cc1C(F)(F)F)N1CCOc2ccncc21. The summed E-state index contributed by atoms with van der Waals surface area (Å²) in [5.74, 6) is -1.58. The Morgan fingerprint density at radius 2 is 2.04 bits per heavy atom. The van der Waals surface area contributed by atoms with Gasteiger partial charge in [0.25, 0.3) is 5.91 Å². The highest BCUT2D eigenvalue weighted by Crippen LogP contribution is 2.36. The van der Waals surface area contributed by atoms with Crippen molar-refractivity contribution < 1.29 is 27.1 Å². The average molecular weight is 326 g/mol. The number of ether oxygens (including phenoxy) is 1. The Kier molecular flexibility index (Phi) is 3.67. The van der Waals surface area contributed by atoms with E-state index in [0.717, 1.165) is 17.0 Å². The van der Waals surface area contributed by atoms with Crippen LogP contribution >= 0.6 is 0 Å². The number of aromatic nitrogens is 1. The Morgan fingerprint density at radius 3 is 2.78 bits per heavy atom. The van der Waals surface area contributed by atoms with Gasteiger partial charge in [-0.2, -0.15) is 13.2 Å². The first kappa shape index (κ1) is 15.3. The number of nitrogens with zero attached hydrogens (tertiary/aromatic N) is 2. The van der Waals surface area contributed by atoms with Crippen molar-refractivity contribution >= 4 is 11.6 Å². The Morgan fingerprint density at radius 1 is 1.26 bits per heavy atom. The predicted molar refractivity (Wildman–Crippen MR) is 72.8 cm³/mol. The minimum absolute atomic E-state index is 0.0756. The molecule has 1 amide bonds. The van der Waals surface area contributed by atoms with Crippen molar-refractivity contribution in [1.29, 1.82) is 0 Å². The maximum Gasteiger partial charge on any atom is 0.417 e. The van der Waals surface area contributed by atoms with Crippen molar-refractivity contribution in [3.05, 3.63) is 53.6 Å². The fraction of sp³-hybridized carbons (Fsp3) is 0.200. The van der Waals surface area contributed by atoms with Crippen molar-refractivity contribution in [2.75, 3.05) is 18.1 Å². The summed E-state index contributed by atoms with van der Waals surface area (Å²) in [7, 11) is 0. The third kappa shape index (κ3) is 2.84. The van der Waals surface area contributed by atoms with E-state index in [1.54, 1.807) is 0 Å². The molecule has 0 unspecified atom stereocenters. The Hall–Kier alpha value is -2.64. The number of benzene rings is 1. The summed E-state index contributed by atoms with van der Waals surface area (Å²) in [6, 6.07) is 3.50. The number of carbonyl (C=O) groups excluding carboxylic acids is 1. The molecule has 0 saturated heterocycles. The topological polar surface area (TPSA) is 42.4 Å². The largest absolute Gasteiger partial charge is 0.489 e. The van der Waals surface area contributed by atoms with Gasteiger partial charge in [-0.05, 0) is 18.2 Å². The minimum atomic E-state index is -4.84. The van der Waals surface area contributed by atoms with E-state index in [-0.39, 0.29) is 18.8 Å². The molecule has 1 aromatic heterocycles. The van der Waals surface area contributed by atoms with Gasteiger partial charge in [-0.3, -0.25) is 9.78 Å². The molecular formula is C15H10F4N2O2. The molecule has 0 spiro atoms. The van der Waals surface area contributed by atoms with Crippen LogP contribution in [0.1, 0.15) is 15.9 Å². The lowest BCUT2D eigenvalue weighted by atomic mass is 10.0. The zero-order valence-corrected chi connectivity index (χ0v) is 11.6. The van der Waals surface area contributed by atoms with Gasteiger partial charge in [0.2, 0.25) is 0 Å². The molecule has 1 aliphatic heterocycles. The number of halogens is 4. The van der Waals surface area contributed by atoms with E-state index < -0.39 is 29.0 Å². The molecule has 4 nitrogen and oxygen atoms in total. The van der Waals surface area contributed by atoms with Crippen LogP contribution in [0.3, 0.4) is 0 Å². The van der Waals surface area contributed by atoms with Gasteiger partial charge < -0.3 is 9.64 Å². The van der Waals surface area contributed by atoms with Gasteiger partial charge in [0.05, 0.1) is 23.9 Å². The molecule has 0 aliphatic carbocycles. The fourth-order valence-electron chi connectivity index (χ4n) is 2.36. The second-order valence-corrected chi connectivity index (χ2v) is 4.84. The molecule has 0 atom stereocenters. The van der Waals surface area contributed by atoms with Gasteiger partial charge in [0.15, 0.2) is 0 Å². The lowest BCUT2D eigenvalue weighted by Gasteiger charge is -2.29. The predicted octanol–water partition coefficient (Wildman–Crippen LogP) is 3.28. The fourth-order valence-corrected chi connectivity index (χ4v) is 2.36. The maximum atomic E-state index is 13.2. The lowest BCUT2D eigenvalue weighted by molar-refractivity contribution is -0.138. The van der Waals surface area contributed by atoms with Crippen LogP contribution < -0.4 is 9.64 Å². The number of alkyl halides is 3. The second kappa shape index (κ2) is 5.53. The van der Waals surface area contributed by atoms with Gasteiger partial charge in [-0.1, -0.05) is 0 Å². The zero-order chi connectivity index (χ0) is 16.6. The van der Waals surface area contributed by atoms with Crippen LogP contribution in [-0.2, 0) is 6.18 Å². The maximum absolute atomic E-state index is 13.2. The van der Waals surface area contributed by atoms with E-state index in [9.17, 15) is 22.4 Å². The van der Waals surface area contributed by atoms with E-state index in [0.29, 0.717) is 11.8 Å². The normalized spacial score (nSPS) is 14.2. The number of fused-ring (bicyclic) bond motifs is 1. The lowest BCUT2D eigenvalue weighted by Crippen LogP contribution is -2.39. The van der Waals surface area contributed by atoms with Gasteiger partial charge in [0.1, 0.15) is 23.9 Å². The van der Waals surface area contributed by atoms with Crippen molar-refractivity contribution in [3.63, 3.8) is 0 Å². The second-order valence-electron chi connectivity index (χ2n) is 4.84. The molecule has 2 aromatic rings. The van der Waals surface area contributed by atoms with Crippen molar-refractivity contribution in [3.8, 4) is 5.75 Å². The third-order valence-corrected chi connectivity index (χ3v) is 3.39. The first-order valence-corrected chi connectivity index (χ1v) is 6.63. The number of carbonyl (C=O) groups is 1. The molecule has 0 radical (unpaired) electrons. The first-order valence-electron chi connectivity index (χ1n) is 6.63. The smallest absolute Gasteiger partial charge is 0.417 e. The molecular weight excluding hydrogens is 316 g/mol. The molecule has 0 fully saturated rings. The Balaban J connectivity index is 2.06. The van der Waals surface area contributed by atoms with E-state index in [2.05, 4.69) is 4.98 Å². The van der Waals surface area contributed by atoms with Crippen LogP contribution in [-0.4, -0.2) is 24.0 Å². The number of rotatable bonds is 1. The summed E-state index contributed by atoms with van der Waals surface area (Å²) >= 11 is 0. The van der Waals surface area contributed by atoms with Gasteiger partial charge in [0, 0.05) is 12.3 Å². The van der Waals surface area contributed by atoms with Crippen molar-refractivity contribution in [1.82, 2.24) is 4.98 Å². The number of hydrogen-bond donors (Lipinski definition) is 0. The minimum Gasteiger partial charge on any atom is -0.489 e. The van der Waals surface area contributed by atoms with Gasteiger partial charge in [-0.25, -0.2) is 4.39 Å². The van der Waals surface area contributed by atoms with Gasteiger partial charge >= 0.3 is 6.18 Å². The molecule has 1 aromatic carbocycles. The van der Waals surface area contributed by atoms with Crippen molar-refractivity contribution in [2.24, 2.45) is 0 Å². The summed E-state index contributed by atoms with van der Waals surface area (Å²) in [5, 5.41) is 0. The summed E-state index contributed by atoms with van der Waals surface area (Å²) in [5.41, 5.74) is -1.64. The molecule has 0 saturated carbocycles. The van der Waals surface area contributed by atoms with Crippen LogP contribution in [0.5, 0.6) is 5.75 Å².